The first-order valence-electron chi connectivity index (χ1n) is 9.22. The number of carbonyl (C=O) groups excluding carboxylic acids is 1. The van der Waals surface area contributed by atoms with E-state index < -0.39 is 0 Å². The van der Waals surface area contributed by atoms with Crippen LogP contribution in [-0.2, 0) is 0 Å². The number of nitrogens with one attached hydrogen (secondary N) is 2. The zero-order chi connectivity index (χ0) is 18.6. The average Bonchev–Trinajstić information content (AvgIpc) is 3.13. The van der Waals surface area contributed by atoms with Crippen molar-refractivity contribution in [2.75, 3.05) is 12.1 Å². The summed E-state index contributed by atoms with van der Waals surface area (Å²) in [6, 6.07) is 9.19. The zero-order valence-corrected chi connectivity index (χ0v) is 15.2. The summed E-state index contributed by atoms with van der Waals surface area (Å²) in [6.45, 7) is 2.22. The van der Waals surface area contributed by atoms with Crippen molar-refractivity contribution in [1.82, 2.24) is 10.3 Å². The van der Waals surface area contributed by atoms with Gasteiger partial charge in [0.05, 0.1) is 0 Å². The highest BCUT2D eigenvalue weighted by atomic mass is 16.7. The largest absolute Gasteiger partial charge is 0.474 e. The summed E-state index contributed by atoms with van der Waals surface area (Å²) in [5.41, 5.74) is 1.79. The Hall–Kier alpha value is -2.96. The van der Waals surface area contributed by atoms with E-state index in [9.17, 15) is 4.79 Å². The molecule has 27 heavy (non-hydrogen) atoms. The fourth-order valence-electron chi connectivity index (χ4n) is 3.35. The van der Waals surface area contributed by atoms with Crippen LogP contribution in [0.3, 0.4) is 0 Å². The summed E-state index contributed by atoms with van der Waals surface area (Å²) < 4.78 is 16.5. The zero-order valence-electron chi connectivity index (χ0n) is 15.2. The van der Waals surface area contributed by atoms with E-state index in [1.54, 1.807) is 18.2 Å². The van der Waals surface area contributed by atoms with Gasteiger partial charge in [-0.15, -0.1) is 0 Å². The molecular weight excluding hydrogens is 346 g/mol. The smallest absolute Gasteiger partial charge is 0.319 e. The van der Waals surface area contributed by atoms with E-state index in [4.69, 9.17) is 14.2 Å². The molecule has 4 rings (SSSR count). The first-order chi connectivity index (χ1) is 13.2. The molecule has 1 aliphatic carbocycles. The molecule has 2 aliphatic rings. The number of hydrogen-bond donors (Lipinski definition) is 2. The summed E-state index contributed by atoms with van der Waals surface area (Å²) in [5, 5.41) is 5.88. The minimum atomic E-state index is -0.210. The Morgan fingerprint density at radius 1 is 1.11 bits per heavy atom. The van der Waals surface area contributed by atoms with Crippen molar-refractivity contribution in [1.29, 1.82) is 0 Å². The lowest BCUT2D eigenvalue weighted by atomic mass is 9.93. The number of aryl methyl sites for hydroxylation is 1. The number of pyridine rings is 1. The van der Waals surface area contributed by atoms with Gasteiger partial charge in [-0.1, -0.05) is 6.07 Å². The molecule has 2 heterocycles. The van der Waals surface area contributed by atoms with Crippen LogP contribution in [0.4, 0.5) is 10.5 Å². The molecule has 2 amide bonds. The van der Waals surface area contributed by atoms with E-state index in [0.29, 0.717) is 23.1 Å². The van der Waals surface area contributed by atoms with Crippen LogP contribution in [0.15, 0.2) is 36.5 Å². The lowest BCUT2D eigenvalue weighted by Crippen LogP contribution is -2.41. The third kappa shape index (κ3) is 4.42. The monoisotopic (exact) mass is 369 g/mol. The molecule has 2 N–H and O–H groups in total. The van der Waals surface area contributed by atoms with Crippen LogP contribution >= 0.6 is 0 Å². The average molecular weight is 369 g/mol. The number of urea groups is 1. The number of benzene rings is 1. The van der Waals surface area contributed by atoms with Crippen molar-refractivity contribution < 1.29 is 19.0 Å². The number of aromatic nitrogens is 1. The molecule has 7 nitrogen and oxygen atoms in total. The number of amides is 2. The predicted molar refractivity (Wildman–Crippen MR) is 100 cm³/mol. The quantitative estimate of drug-likeness (QED) is 0.860. The van der Waals surface area contributed by atoms with Gasteiger partial charge in [-0.2, -0.15) is 0 Å². The van der Waals surface area contributed by atoms with Gasteiger partial charge in [-0.05, 0) is 50.3 Å². The molecule has 0 unspecified atom stereocenters. The Balaban J connectivity index is 1.23. The fourth-order valence-corrected chi connectivity index (χ4v) is 3.35. The van der Waals surface area contributed by atoms with Crippen LogP contribution in [0, 0.1) is 6.92 Å². The molecule has 1 saturated carbocycles. The van der Waals surface area contributed by atoms with Crippen molar-refractivity contribution in [3.63, 3.8) is 0 Å². The van der Waals surface area contributed by atoms with E-state index >= 15 is 0 Å². The number of ether oxygens (including phenoxy) is 3. The SMILES string of the molecule is Cc1ccc(OC2CCC(NC(=O)Nc3ccc4c(c3)OCO4)CC2)nc1. The van der Waals surface area contributed by atoms with E-state index in [1.807, 2.05) is 25.3 Å². The molecule has 0 spiro atoms. The molecule has 0 bridgehead atoms. The maximum absolute atomic E-state index is 12.2. The van der Waals surface area contributed by atoms with E-state index in [2.05, 4.69) is 15.6 Å². The van der Waals surface area contributed by atoms with Crippen molar-refractivity contribution in [3.05, 3.63) is 42.1 Å². The number of fused-ring (bicyclic) bond motifs is 1. The van der Waals surface area contributed by atoms with Crippen LogP contribution in [0.1, 0.15) is 31.2 Å². The van der Waals surface area contributed by atoms with Crippen molar-refractivity contribution in [3.8, 4) is 17.4 Å². The highest BCUT2D eigenvalue weighted by Gasteiger charge is 2.24. The summed E-state index contributed by atoms with van der Waals surface area (Å²) in [4.78, 5) is 16.5. The Bertz CT molecular complexity index is 801. The van der Waals surface area contributed by atoms with Gasteiger partial charge >= 0.3 is 6.03 Å². The van der Waals surface area contributed by atoms with Gasteiger partial charge in [0.2, 0.25) is 12.7 Å². The minimum Gasteiger partial charge on any atom is -0.474 e. The van der Waals surface area contributed by atoms with Gasteiger partial charge in [0.1, 0.15) is 6.10 Å². The first-order valence-corrected chi connectivity index (χ1v) is 9.22. The standard InChI is InChI=1S/C20H23N3O4/c1-13-2-9-19(21-11-13)27-16-6-3-14(4-7-16)22-20(24)23-15-5-8-17-18(10-15)26-12-25-17/h2,5,8-11,14,16H,3-4,6-7,12H2,1H3,(H2,22,23,24). The Kier molecular flexibility index (Phi) is 5.00. The molecule has 1 aromatic heterocycles. The second-order valence-electron chi connectivity index (χ2n) is 6.93. The highest BCUT2D eigenvalue weighted by molar-refractivity contribution is 5.89. The highest BCUT2D eigenvalue weighted by Crippen LogP contribution is 2.34. The number of carbonyl (C=O) groups is 1. The van der Waals surface area contributed by atoms with Crippen molar-refractivity contribution in [2.24, 2.45) is 0 Å². The lowest BCUT2D eigenvalue weighted by Gasteiger charge is -2.29. The van der Waals surface area contributed by atoms with Crippen LogP contribution in [0.5, 0.6) is 17.4 Å². The minimum absolute atomic E-state index is 0.143. The van der Waals surface area contributed by atoms with Crippen molar-refractivity contribution in [2.45, 2.75) is 44.8 Å². The van der Waals surface area contributed by atoms with Crippen molar-refractivity contribution >= 4 is 11.7 Å². The lowest BCUT2D eigenvalue weighted by molar-refractivity contribution is 0.135. The van der Waals surface area contributed by atoms with Crippen LogP contribution in [0.2, 0.25) is 0 Å². The molecule has 7 heteroatoms. The van der Waals surface area contributed by atoms with Crippen LogP contribution in [0.25, 0.3) is 0 Å². The summed E-state index contributed by atoms with van der Waals surface area (Å²) in [5.74, 6) is 2.01. The molecular formula is C20H23N3O4. The van der Waals surface area contributed by atoms with Gasteiger partial charge in [0, 0.05) is 30.1 Å². The molecule has 1 aromatic carbocycles. The summed E-state index contributed by atoms with van der Waals surface area (Å²) in [6.07, 6.45) is 5.50. The Morgan fingerprint density at radius 2 is 1.93 bits per heavy atom. The molecule has 0 radical (unpaired) electrons. The van der Waals surface area contributed by atoms with Gasteiger partial charge in [0.15, 0.2) is 11.5 Å². The Labute approximate surface area is 158 Å². The van der Waals surface area contributed by atoms with Crippen LogP contribution in [-0.4, -0.2) is 30.0 Å². The third-order valence-corrected chi connectivity index (χ3v) is 4.81. The van der Waals surface area contributed by atoms with Gasteiger partial charge < -0.3 is 24.8 Å². The fraction of sp³-hybridized carbons (Fsp3) is 0.400. The number of rotatable bonds is 4. The predicted octanol–water partition coefficient (Wildman–Crippen LogP) is 3.63. The third-order valence-electron chi connectivity index (χ3n) is 4.81. The molecule has 0 atom stereocenters. The van der Waals surface area contributed by atoms with Crippen LogP contribution < -0.4 is 24.8 Å². The topological polar surface area (TPSA) is 81.7 Å². The second kappa shape index (κ2) is 7.73. The summed E-state index contributed by atoms with van der Waals surface area (Å²) in [7, 11) is 0. The number of nitrogens with zero attached hydrogens (tertiary/aromatic N) is 1. The van der Waals surface area contributed by atoms with E-state index in [-0.39, 0.29) is 25.0 Å². The van der Waals surface area contributed by atoms with E-state index in [1.165, 1.54) is 0 Å². The number of anilines is 1. The molecule has 1 aliphatic heterocycles. The summed E-state index contributed by atoms with van der Waals surface area (Å²) >= 11 is 0. The van der Waals surface area contributed by atoms with Gasteiger partial charge in [-0.25, -0.2) is 9.78 Å². The molecule has 142 valence electrons. The first kappa shape index (κ1) is 17.5. The van der Waals surface area contributed by atoms with Gasteiger partial charge in [0.25, 0.3) is 0 Å². The molecule has 2 aromatic rings. The van der Waals surface area contributed by atoms with Gasteiger partial charge in [-0.3, -0.25) is 0 Å². The Morgan fingerprint density at radius 3 is 2.70 bits per heavy atom. The second-order valence-corrected chi connectivity index (χ2v) is 6.93. The maximum Gasteiger partial charge on any atom is 0.319 e. The molecule has 0 saturated heterocycles. The van der Waals surface area contributed by atoms with E-state index in [0.717, 1.165) is 31.2 Å². The maximum atomic E-state index is 12.2. The molecule has 1 fully saturated rings. The normalized spacial score (nSPS) is 20.8. The number of hydrogen-bond acceptors (Lipinski definition) is 5.